The molecule has 0 saturated heterocycles. The quantitative estimate of drug-likeness (QED) is 0.662. The van der Waals surface area contributed by atoms with Crippen molar-refractivity contribution in [3.05, 3.63) is 71.0 Å². The number of hydrogen-bond donors (Lipinski definition) is 0. The van der Waals surface area contributed by atoms with Crippen molar-refractivity contribution in [1.82, 2.24) is 9.78 Å². The average molecular weight is 350 g/mol. The van der Waals surface area contributed by atoms with E-state index >= 15 is 0 Å². The molecule has 0 amide bonds. The van der Waals surface area contributed by atoms with Crippen molar-refractivity contribution < 1.29 is 14.3 Å². The van der Waals surface area contributed by atoms with Crippen LogP contribution >= 0.6 is 0 Å². The number of nitrogens with zero attached hydrogens (tertiary/aromatic N) is 2. The molecule has 0 aliphatic carbocycles. The lowest BCUT2D eigenvalue weighted by molar-refractivity contribution is -0.141. The summed E-state index contributed by atoms with van der Waals surface area (Å²) in [6, 6.07) is 18.4. The summed E-state index contributed by atoms with van der Waals surface area (Å²) >= 11 is 0. The van der Waals surface area contributed by atoms with Crippen molar-refractivity contribution in [1.29, 1.82) is 0 Å². The lowest BCUT2D eigenvalue weighted by Crippen LogP contribution is -2.28. The molecule has 1 heterocycles. The second-order valence-electron chi connectivity index (χ2n) is 5.58. The molecule has 26 heavy (non-hydrogen) atoms. The molecule has 0 unspecified atom stereocenters. The van der Waals surface area contributed by atoms with Gasteiger partial charge in [-0.3, -0.25) is 9.59 Å². The highest BCUT2D eigenvalue weighted by Gasteiger charge is 2.14. The zero-order chi connectivity index (χ0) is 18.5. The topological polar surface area (TPSA) is 70.4 Å². The third-order valence-electron chi connectivity index (χ3n) is 3.95. The lowest BCUT2D eigenvalue weighted by atomic mass is 10.0. The van der Waals surface area contributed by atoms with Crippen molar-refractivity contribution in [2.45, 2.75) is 6.54 Å². The van der Waals surface area contributed by atoms with Crippen LogP contribution in [0.5, 0.6) is 5.75 Å². The van der Waals surface area contributed by atoms with Gasteiger partial charge < -0.3 is 9.47 Å². The Labute approximate surface area is 150 Å². The standard InChI is InChI=1S/C20H18N2O4/c1-25-16-10-8-14(9-11-16)17-12-18(15-6-4-3-5-7-15)21-22(20(17)24)13-19(23)26-2/h3-12H,13H2,1-2H3. The highest BCUT2D eigenvalue weighted by atomic mass is 16.5. The number of carbonyl (C=O) groups excluding carboxylic acids is 1. The van der Waals surface area contributed by atoms with Gasteiger partial charge in [0.25, 0.3) is 5.56 Å². The van der Waals surface area contributed by atoms with Crippen LogP contribution in [0.3, 0.4) is 0 Å². The Morgan fingerprint density at radius 3 is 2.31 bits per heavy atom. The maximum atomic E-state index is 12.8. The first kappa shape index (κ1) is 17.4. The van der Waals surface area contributed by atoms with Gasteiger partial charge in [-0.05, 0) is 23.8 Å². The number of carbonyl (C=O) groups is 1. The SMILES string of the molecule is COC(=O)Cn1nc(-c2ccccc2)cc(-c2ccc(OC)cc2)c1=O. The maximum Gasteiger partial charge on any atom is 0.327 e. The molecule has 1 aromatic heterocycles. The van der Waals surface area contributed by atoms with Gasteiger partial charge in [0.05, 0.1) is 25.5 Å². The maximum absolute atomic E-state index is 12.8. The molecule has 6 heteroatoms. The van der Waals surface area contributed by atoms with Crippen molar-refractivity contribution >= 4 is 5.97 Å². The van der Waals surface area contributed by atoms with Crippen molar-refractivity contribution in [2.24, 2.45) is 0 Å². The summed E-state index contributed by atoms with van der Waals surface area (Å²) in [5.74, 6) is 0.159. The number of ether oxygens (including phenoxy) is 2. The van der Waals surface area contributed by atoms with E-state index in [1.54, 1.807) is 37.4 Å². The number of benzene rings is 2. The van der Waals surface area contributed by atoms with E-state index in [4.69, 9.17) is 4.74 Å². The highest BCUT2D eigenvalue weighted by Crippen LogP contribution is 2.23. The molecule has 0 spiro atoms. The predicted molar refractivity (Wildman–Crippen MR) is 97.9 cm³/mol. The monoisotopic (exact) mass is 350 g/mol. The van der Waals surface area contributed by atoms with Crippen molar-refractivity contribution in [3.63, 3.8) is 0 Å². The minimum absolute atomic E-state index is 0.251. The molecule has 0 aliphatic rings. The van der Waals surface area contributed by atoms with E-state index in [1.807, 2.05) is 30.3 Å². The van der Waals surface area contributed by atoms with E-state index in [1.165, 1.54) is 7.11 Å². The smallest absolute Gasteiger partial charge is 0.327 e. The third-order valence-corrected chi connectivity index (χ3v) is 3.95. The van der Waals surface area contributed by atoms with Gasteiger partial charge >= 0.3 is 5.97 Å². The lowest BCUT2D eigenvalue weighted by Gasteiger charge is -2.11. The summed E-state index contributed by atoms with van der Waals surface area (Å²) in [6.07, 6.45) is 0. The van der Waals surface area contributed by atoms with Gasteiger partial charge in [0.15, 0.2) is 0 Å². The molecule has 3 rings (SSSR count). The molecule has 0 atom stereocenters. The van der Waals surface area contributed by atoms with Crippen LogP contribution in [0.15, 0.2) is 65.5 Å². The summed E-state index contributed by atoms with van der Waals surface area (Å²) in [4.78, 5) is 24.5. The molecular weight excluding hydrogens is 332 g/mol. The fraction of sp³-hybridized carbons (Fsp3) is 0.150. The summed E-state index contributed by atoms with van der Waals surface area (Å²) in [5, 5.41) is 4.33. The number of rotatable bonds is 5. The highest BCUT2D eigenvalue weighted by molar-refractivity contribution is 5.72. The predicted octanol–water partition coefficient (Wildman–Crippen LogP) is 2.76. The molecule has 0 saturated carbocycles. The van der Waals surface area contributed by atoms with Gasteiger partial charge in [-0.25, -0.2) is 4.68 Å². The zero-order valence-corrected chi connectivity index (χ0v) is 14.5. The largest absolute Gasteiger partial charge is 0.497 e. The molecule has 0 fully saturated rings. The second-order valence-corrected chi connectivity index (χ2v) is 5.58. The van der Waals surface area contributed by atoms with Gasteiger partial charge in [0.2, 0.25) is 0 Å². The number of esters is 1. The summed E-state index contributed by atoms with van der Waals surface area (Å²) in [5.41, 5.74) is 2.25. The van der Waals surface area contributed by atoms with E-state index in [0.29, 0.717) is 22.6 Å². The average Bonchev–Trinajstić information content (AvgIpc) is 2.70. The van der Waals surface area contributed by atoms with Crippen molar-refractivity contribution in [2.75, 3.05) is 14.2 Å². The second kappa shape index (κ2) is 7.65. The van der Waals surface area contributed by atoms with Crippen LogP contribution in [0.1, 0.15) is 0 Å². The van der Waals surface area contributed by atoms with Crippen molar-refractivity contribution in [3.8, 4) is 28.1 Å². The molecule has 3 aromatic rings. The Bertz CT molecular complexity index is 963. The Kier molecular flexibility index (Phi) is 5.12. The molecule has 0 aliphatic heterocycles. The van der Waals surface area contributed by atoms with Gasteiger partial charge in [0, 0.05) is 5.56 Å². The van der Waals surface area contributed by atoms with Crippen LogP contribution < -0.4 is 10.3 Å². The minimum atomic E-state index is -0.537. The summed E-state index contributed by atoms with van der Waals surface area (Å²) in [7, 11) is 2.86. The Morgan fingerprint density at radius 1 is 1.00 bits per heavy atom. The Balaban J connectivity index is 2.16. The minimum Gasteiger partial charge on any atom is -0.497 e. The molecule has 6 nitrogen and oxygen atoms in total. The van der Waals surface area contributed by atoms with Gasteiger partial charge in [-0.15, -0.1) is 0 Å². The van der Waals surface area contributed by atoms with E-state index in [0.717, 1.165) is 10.2 Å². The first-order chi connectivity index (χ1) is 12.6. The molecule has 0 bridgehead atoms. The van der Waals surface area contributed by atoms with Crippen LogP contribution in [0.4, 0.5) is 0 Å². The van der Waals surface area contributed by atoms with E-state index < -0.39 is 5.97 Å². The molecule has 0 radical (unpaired) electrons. The fourth-order valence-electron chi connectivity index (χ4n) is 2.56. The van der Waals surface area contributed by atoms with E-state index in [-0.39, 0.29) is 12.1 Å². The fourth-order valence-corrected chi connectivity index (χ4v) is 2.56. The Morgan fingerprint density at radius 2 is 1.69 bits per heavy atom. The van der Waals surface area contributed by atoms with Crippen LogP contribution in [-0.2, 0) is 16.1 Å². The van der Waals surface area contributed by atoms with E-state index in [2.05, 4.69) is 9.84 Å². The third kappa shape index (κ3) is 3.64. The first-order valence-electron chi connectivity index (χ1n) is 8.01. The summed E-state index contributed by atoms with van der Waals surface area (Å²) in [6.45, 7) is -0.251. The summed E-state index contributed by atoms with van der Waals surface area (Å²) < 4.78 is 11.0. The normalized spacial score (nSPS) is 10.4. The van der Waals surface area contributed by atoms with Crippen LogP contribution in [0, 0.1) is 0 Å². The van der Waals surface area contributed by atoms with Crippen LogP contribution in [0.25, 0.3) is 22.4 Å². The Hall–Kier alpha value is -3.41. The zero-order valence-electron chi connectivity index (χ0n) is 14.5. The molecular formula is C20H18N2O4. The van der Waals surface area contributed by atoms with Gasteiger partial charge in [-0.2, -0.15) is 5.10 Å². The molecule has 132 valence electrons. The number of methoxy groups -OCH3 is 2. The molecule has 0 N–H and O–H groups in total. The van der Waals surface area contributed by atoms with Gasteiger partial charge in [-0.1, -0.05) is 42.5 Å². The first-order valence-corrected chi connectivity index (χ1v) is 8.01. The van der Waals surface area contributed by atoms with Crippen LogP contribution in [0.2, 0.25) is 0 Å². The van der Waals surface area contributed by atoms with E-state index in [9.17, 15) is 9.59 Å². The number of hydrogen-bond acceptors (Lipinski definition) is 5. The van der Waals surface area contributed by atoms with Crippen LogP contribution in [-0.4, -0.2) is 30.0 Å². The van der Waals surface area contributed by atoms with Gasteiger partial charge in [0.1, 0.15) is 12.3 Å². The molecule has 2 aromatic carbocycles. The number of aromatic nitrogens is 2.